The Balaban J connectivity index is 1.35. The summed E-state index contributed by atoms with van der Waals surface area (Å²) in [5.41, 5.74) is 0. The summed E-state index contributed by atoms with van der Waals surface area (Å²) >= 11 is 0. The van der Waals surface area contributed by atoms with Crippen molar-refractivity contribution < 1.29 is 17.9 Å². The summed E-state index contributed by atoms with van der Waals surface area (Å²) in [7, 11) is -3.45. The van der Waals surface area contributed by atoms with Crippen molar-refractivity contribution >= 4 is 10.0 Å². The van der Waals surface area contributed by atoms with Crippen molar-refractivity contribution in [2.45, 2.75) is 29.9 Å². The molecule has 138 valence electrons. The van der Waals surface area contributed by atoms with E-state index >= 15 is 0 Å². The highest BCUT2D eigenvalue weighted by atomic mass is 32.2. The maximum Gasteiger partial charge on any atom is 0.240 e. The lowest BCUT2D eigenvalue weighted by Gasteiger charge is -2.31. The summed E-state index contributed by atoms with van der Waals surface area (Å²) in [5, 5.41) is 0. The average molecular weight is 366 g/mol. The third-order valence-electron chi connectivity index (χ3n) is 5.76. The van der Waals surface area contributed by atoms with E-state index in [1.54, 1.807) is 24.3 Å². The molecule has 3 aliphatic heterocycles. The Labute approximate surface area is 149 Å². The highest BCUT2D eigenvalue weighted by Crippen LogP contribution is 2.35. The molecular weight excluding hydrogens is 340 g/mol. The lowest BCUT2D eigenvalue weighted by atomic mass is 9.93. The number of nitrogens with one attached hydrogen (secondary N) is 1. The molecule has 0 aliphatic carbocycles. The molecule has 0 saturated carbocycles. The van der Waals surface area contributed by atoms with Gasteiger partial charge in [0.05, 0.1) is 17.6 Å². The first-order valence-corrected chi connectivity index (χ1v) is 10.6. The number of likely N-dealkylation sites (tertiary alicyclic amines) is 1. The molecule has 3 fully saturated rings. The van der Waals surface area contributed by atoms with Gasteiger partial charge in [-0.25, -0.2) is 13.1 Å². The smallest absolute Gasteiger partial charge is 0.240 e. The Hall–Kier alpha value is -0.990. The van der Waals surface area contributed by atoms with E-state index in [-0.39, 0.29) is 12.0 Å². The predicted molar refractivity (Wildman–Crippen MR) is 93.8 cm³/mol. The molecule has 0 unspecified atom stereocenters. The summed E-state index contributed by atoms with van der Waals surface area (Å²) in [5.74, 6) is 0.662. The fourth-order valence-electron chi connectivity index (χ4n) is 4.29. The van der Waals surface area contributed by atoms with Gasteiger partial charge in [0.1, 0.15) is 0 Å². The molecule has 0 aromatic heterocycles. The third-order valence-corrected chi connectivity index (χ3v) is 7.20. The normalized spacial score (nSPS) is 31.3. The van der Waals surface area contributed by atoms with E-state index in [9.17, 15) is 8.42 Å². The van der Waals surface area contributed by atoms with Crippen molar-refractivity contribution in [2.75, 3.05) is 39.5 Å². The maximum atomic E-state index is 12.4. The first-order chi connectivity index (χ1) is 12.1. The van der Waals surface area contributed by atoms with E-state index in [2.05, 4.69) is 9.62 Å². The predicted octanol–water partition coefficient (Wildman–Crippen LogP) is 1.09. The lowest BCUT2D eigenvalue weighted by molar-refractivity contribution is 0.0285. The summed E-state index contributed by atoms with van der Waals surface area (Å²) < 4.78 is 39.0. The molecule has 0 spiro atoms. The number of hydrogen-bond acceptors (Lipinski definition) is 5. The Morgan fingerprint density at radius 2 is 1.88 bits per heavy atom. The lowest BCUT2D eigenvalue weighted by Crippen LogP contribution is -2.40. The second-order valence-corrected chi connectivity index (χ2v) is 9.03. The SMILES string of the molecule is O=S(=O)(NC[C@H]1CO[C@@H]2CN(C3CCOCC3)C[C@H]12)c1ccccc1. The molecule has 0 radical (unpaired) electrons. The molecule has 25 heavy (non-hydrogen) atoms. The van der Waals surface area contributed by atoms with Crippen LogP contribution >= 0.6 is 0 Å². The van der Waals surface area contributed by atoms with E-state index < -0.39 is 10.0 Å². The number of rotatable bonds is 5. The minimum Gasteiger partial charge on any atom is -0.381 e. The van der Waals surface area contributed by atoms with Gasteiger partial charge >= 0.3 is 0 Å². The van der Waals surface area contributed by atoms with Crippen molar-refractivity contribution in [3.8, 4) is 0 Å². The van der Waals surface area contributed by atoms with Gasteiger partial charge in [-0.2, -0.15) is 0 Å². The molecule has 0 amide bonds. The first-order valence-electron chi connectivity index (χ1n) is 9.11. The summed E-state index contributed by atoms with van der Waals surface area (Å²) in [4.78, 5) is 2.84. The van der Waals surface area contributed by atoms with Crippen molar-refractivity contribution in [1.82, 2.24) is 9.62 Å². The van der Waals surface area contributed by atoms with Gasteiger partial charge in [-0.15, -0.1) is 0 Å². The molecule has 0 bridgehead atoms. The zero-order valence-electron chi connectivity index (χ0n) is 14.3. The second kappa shape index (κ2) is 7.32. The van der Waals surface area contributed by atoms with Crippen LogP contribution in [-0.2, 0) is 19.5 Å². The average Bonchev–Trinajstić information content (AvgIpc) is 3.23. The molecule has 3 saturated heterocycles. The number of sulfonamides is 1. The van der Waals surface area contributed by atoms with Gasteiger partial charge in [0, 0.05) is 50.7 Å². The van der Waals surface area contributed by atoms with Crippen LogP contribution in [0.15, 0.2) is 35.2 Å². The van der Waals surface area contributed by atoms with Gasteiger partial charge in [-0.3, -0.25) is 4.90 Å². The van der Waals surface area contributed by atoms with Gasteiger partial charge in [-0.1, -0.05) is 18.2 Å². The zero-order chi connectivity index (χ0) is 17.3. The topological polar surface area (TPSA) is 67.9 Å². The quantitative estimate of drug-likeness (QED) is 0.845. The van der Waals surface area contributed by atoms with E-state index in [4.69, 9.17) is 9.47 Å². The van der Waals surface area contributed by atoms with E-state index in [0.29, 0.717) is 30.0 Å². The molecule has 3 heterocycles. The Morgan fingerprint density at radius 3 is 2.64 bits per heavy atom. The highest BCUT2D eigenvalue weighted by Gasteiger charge is 2.45. The van der Waals surface area contributed by atoms with Gasteiger partial charge < -0.3 is 9.47 Å². The molecular formula is C18H26N2O4S. The van der Waals surface area contributed by atoms with Gasteiger partial charge in [0.25, 0.3) is 0 Å². The molecule has 1 aromatic rings. The van der Waals surface area contributed by atoms with Crippen LogP contribution in [-0.4, -0.2) is 64.9 Å². The Bertz CT molecular complexity index is 676. The minimum absolute atomic E-state index is 0.244. The van der Waals surface area contributed by atoms with Crippen LogP contribution < -0.4 is 4.72 Å². The summed E-state index contributed by atoms with van der Waals surface area (Å²) in [6, 6.07) is 9.14. The van der Waals surface area contributed by atoms with Gasteiger partial charge in [-0.05, 0) is 25.0 Å². The van der Waals surface area contributed by atoms with Gasteiger partial charge in [0.2, 0.25) is 10.0 Å². The molecule has 4 rings (SSSR count). The molecule has 3 aliphatic rings. The molecule has 1 aromatic carbocycles. The van der Waals surface area contributed by atoms with Crippen LogP contribution in [0.4, 0.5) is 0 Å². The number of hydrogen-bond donors (Lipinski definition) is 1. The van der Waals surface area contributed by atoms with E-state index in [1.807, 2.05) is 6.07 Å². The second-order valence-electron chi connectivity index (χ2n) is 7.26. The molecule has 7 heteroatoms. The van der Waals surface area contributed by atoms with Crippen molar-refractivity contribution in [3.63, 3.8) is 0 Å². The molecule has 3 atom stereocenters. The number of ether oxygens (including phenoxy) is 2. The number of benzene rings is 1. The maximum absolute atomic E-state index is 12.4. The standard InChI is InChI=1S/C18H26N2O4S/c21-25(22,16-4-2-1-3-5-16)19-10-14-13-24-18-12-20(11-17(14)18)15-6-8-23-9-7-15/h1-5,14-15,17-19H,6-13H2/t14-,17+,18+/m0/s1. The fourth-order valence-corrected chi connectivity index (χ4v) is 5.40. The van der Waals surface area contributed by atoms with E-state index in [1.165, 1.54) is 0 Å². The highest BCUT2D eigenvalue weighted by molar-refractivity contribution is 7.89. The van der Waals surface area contributed by atoms with E-state index in [0.717, 1.165) is 39.1 Å². The number of nitrogens with zero attached hydrogens (tertiary/aromatic N) is 1. The third kappa shape index (κ3) is 3.75. The fraction of sp³-hybridized carbons (Fsp3) is 0.667. The van der Waals surface area contributed by atoms with Crippen molar-refractivity contribution in [2.24, 2.45) is 11.8 Å². The van der Waals surface area contributed by atoms with Crippen LogP contribution in [0.25, 0.3) is 0 Å². The summed E-state index contributed by atoms with van der Waals surface area (Å²) in [6.07, 6.45) is 2.42. The largest absolute Gasteiger partial charge is 0.381 e. The van der Waals surface area contributed by atoms with Crippen LogP contribution in [0, 0.1) is 11.8 Å². The van der Waals surface area contributed by atoms with Crippen molar-refractivity contribution in [1.29, 1.82) is 0 Å². The minimum atomic E-state index is -3.45. The molecule has 6 nitrogen and oxygen atoms in total. The Morgan fingerprint density at radius 1 is 1.12 bits per heavy atom. The van der Waals surface area contributed by atoms with Crippen LogP contribution in [0.2, 0.25) is 0 Å². The van der Waals surface area contributed by atoms with Crippen molar-refractivity contribution in [3.05, 3.63) is 30.3 Å². The van der Waals surface area contributed by atoms with Gasteiger partial charge in [0.15, 0.2) is 0 Å². The van der Waals surface area contributed by atoms with Crippen LogP contribution in [0.5, 0.6) is 0 Å². The zero-order valence-corrected chi connectivity index (χ0v) is 15.2. The van der Waals surface area contributed by atoms with Crippen LogP contribution in [0.1, 0.15) is 12.8 Å². The molecule has 1 N–H and O–H groups in total. The number of fused-ring (bicyclic) bond motifs is 1. The Kier molecular flexibility index (Phi) is 5.11. The van der Waals surface area contributed by atoms with Crippen LogP contribution in [0.3, 0.4) is 0 Å². The first kappa shape index (κ1) is 17.4. The monoisotopic (exact) mass is 366 g/mol. The summed E-state index contributed by atoms with van der Waals surface area (Å²) in [6.45, 7) is 4.76.